The predicted molar refractivity (Wildman–Crippen MR) is 71.8 cm³/mol. The molecule has 2 rings (SSSR count). The van der Waals surface area contributed by atoms with Crippen molar-refractivity contribution in [2.24, 2.45) is 10.4 Å². The number of aliphatic imine (C=N–C) groups is 1. The first-order valence-electron chi connectivity index (χ1n) is 6.49. The molecule has 1 heterocycles. The molecule has 0 saturated heterocycles. The van der Waals surface area contributed by atoms with Crippen molar-refractivity contribution in [3.8, 4) is 0 Å². The second-order valence-corrected chi connectivity index (χ2v) is 4.68. The van der Waals surface area contributed by atoms with Gasteiger partial charge in [-0.1, -0.05) is 30.3 Å². The van der Waals surface area contributed by atoms with Gasteiger partial charge in [0, 0.05) is 12.8 Å². The lowest BCUT2D eigenvalue weighted by Crippen LogP contribution is -2.38. The van der Waals surface area contributed by atoms with Gasteiger partial charge < -0.3 is 4.74 Å². The van der Waals surface area contributed by atoms with Gasteiger partial charge in [0.15, 0.2) is 0 Å². The van der Waals surface area contributed by atoms with E-state index >= 15 is 0 Å². The van der Waals surface area contributed by atoms with Crippen LogP contribution in [0.1, 0.15) is 25.3 Å². The van der Waals surface area contributed by atoms with E-state index < -0.39 is 5.41 Å². The average molecular weight is 245 g/mol. The van der Waals surface area contributed by atoms with Crippen LogP contribution >= 0.6 is 0 Å². The van der Waals surface area contributed by atoms with Gasteiger partial charge in [-0.2, -0.15) is 0 Å². The first kappa shape index (κ1) is 12.8. The van der Waals surface area contributed by atoms with Crippen molar-refractivity contribution < 1.29 is 9.53 Å². The van der Waals surface area contributed by atoms with E-state index in [-0.39, 0.29) is 5.97 Å². The molecule has 0 fully saturated rings. The fraction of sp³-hybridized carbons (Fsp3) is 0.467. The number of ether oxygens (including phenoxy) is 1. The summed E-state index contributed by atoms with van der Waals surface area (Å²) < 4.78 is 5.23. The number of nitrogens with zero attached hydrogens (tertiary/aromatic N) is 1. The Labute approximate surface area is 108 Å². The van der Waals surface area contributed by atoms with Gasteiger partial charge in [-0.05, 0) is 31.7 Å². The number of carbonyl (C=O) groups excluding carboxylic acids is 1. The Kier molecular flexibility index (Phi) is 4.13. The maximum atomic E-state index is 12.2. The van der Waals surface area contributed by atoms with Gasteiger partial charge in [0.25, 0.3) is 0 Å². The lowest BCUT2D eigenvalue weighted by atomic mass is 9.77. The maximum Gasteiger partial charge on any atom is 0.317 e. The van der Waals surface area contributed by atoms with Gasteiger partial charge >= 0.3 is 5.97 Å². The topological polar surface area (TPSA) is 38.7 Å². The molecule has 0 aliphatic carbocycles. The molecule has 1 atom stereocenters. The van der Waals surface area contributed by atoms with E-state index in [9.17, 15) is 4.79 Å². The molecule has 3 nitrogen and oxygen atoms in total. The van der Waals surface area contributed by atoms with Gasteiger partial charge in [-0.25, -0.2) is 0 Å². The van der Waals surface area contributed by atoms with Crippen LogP contribution in [0.25, 0.3) is 0 Å². The summed E-state index contributed by atoms with van der Waals surface area (Å²) in [6.45, 7) is 3.08. The first-order valence-corrected chi connectivity index (χ1v) is 6.49. The molecule has 0 N–H and O–H groups in total. The monoisotopic (exact) mass is 245 g/mol. The third-order valence-corrected chi connectivity index (χ3v) is 3.29. The summed E-state index contributed by atoms with van der Waals surface area (Å²) in [5, 5.41) is 0. The van der Waals surface area contributed by atoms with Crippen LogP contribution in [0.3, 0.4) is 0 Å². The van der Waals surface area contributed by atoms with E-state index in [0.717, 1.165) is 24.9 Å². The highest BCUT2D eigenvalue weighted by atomic mass is 16.5. The minimum absolute atomic E-state index is 0.141. The van der Waals surface area contributed by atoms with Crippen molar-refractivity contribution in [1.82, 2.24) is 0 Å². The highest BCUT2D eigenvalue weighted by Crippen LogP contribution is 2.31. The van der Waals surface area contributed by atoms with Crippen LogP contribution in [0.5, 0.6) is 0 Å². The molecule has 0 bridgehead atoms. The normalized spacial score (nSPS) is 22.7. The molecular weight excluding hydrogens is 226 g/mol. The minimum Gasteiger partial charge on any atom is -0.465 e. The molecule has 0 aromatic heterocycles. The zero-order valence-corrected chi connectivity index (χ0v) is 10.8. The zero-order chi connectivity index (χ0) is 12.8. The van der Waals surface area contributed by atoms with Crippen molar-refractivity contribution in [2.45, 2.75) is 26.2 Å². The van der Waals surface area contributed by atoms with Crippen LogP contribution < -0.4 is 0 Å². The first-order chi connectivity index (χ1) is 8.77. The van der Waals surface area contributed by atoms with E-state index in [2.05, 4.69) is 4.99 Å². The Balaban J connectivity index is 2.22. The quantitative estimate of drug-likeness (QED) is 0.765. The van der Waals surface area contributed by atoms with E-state index in [0.29, 0.717) is 13.0 Å². The number of benzene rings is 1. The molecule has 1 aliphatic rings. The van der Waals surface area contributed by atoms with E-state index in [1.54, 1.807) is 0 Å². The third kappa shape index (κ3) is 2.78. The summed E-state index contributed by atoms with van der Waals surface area (Å²) in [7, 11) is 0. The second-order valence-electron chi connectivity index (χ2n) is 4.68. The van der Waals surface area contributed by atoms with Gasteiger partial charge in [0.05, 0.1) is 6.61 Å². The molecule has 3 heteroatoms. The summed E-state index contributed by atoms with van der Waals surface area (Å²) >= 11 is 0. The summed E-state index contributed by atoms with van der Waals surface area (Å²) in [5.41, 5.74) is 0.592. The number of rotatable bonds is 4. The highest BCUT2D eigenvalue weighted by Gasteiger charge is 2.39. The predicted octanol–water partition coefficient (Wildman–Crippen LogP) is 2.64. The number of esters is 1. The van der Waals surface area contributed by atoms with Gasteiger partial charge in [-0.15, -0.1) is 0 Å². The van der Waals surface area contributed by atoms with Crippen molar-refractivity contribution in [3.05, 3.63) is 35.9 Å². The highest BCUT2D eigenvalue weighted by molar-refractivity contribution is 5.95. The van der Waals surface area contributed by atoms with Gasteiger partial charge in [0.2, 0.25) is 0 Å². The van der Waals surface area contributed by atoms with Crippen LogP contribution in [0.4, 0.5) is 0 Å². The molecule has 0 radical (unpaired) electrons. The molecule has 18 heavy (non-hydrogen) atoms. The van der Waals surface area contributed by atoms with Crippen LogP contribution in [0.15, 0.2) is 35.3 Å². The summed E-state index contributed by atoms with van der Waals surface area (Å²) in [4.78, 5) is 16.5. The smallest absolute Gasteiger partial charge is 0.317 e. The largest absolute Gasteiger partial charge is 0.465 e. The van der Waals surface area contributed by atoms with Crippen LogP contribution in [-0.2, 0) is 16.0 Å². The molecule has 1 aromatic carbocycles. The number of hydrogen-bond donors (Lipinski definition) is 0. The Morgan fingerprint density at radius 2 is 2.17 bits per heavy atom. The molecule has 0 unspecified atom stereocenters. The average Bonchev–Trinajstić information content (AvgIpc) is 2.41. The van der Waals surface area contributed by atoms with E-state index in [1.165, 1.54) is 0 Å². The van der Waals surface area contributed by atoms with Crippen LogP contribution in [-0.4, -0.2) is 25.3 Å². The fourth-order valence-corrected chi connectivity index (χ4v) is 2.39. The standard InChI is InChI=1S/C15H19NO2/c1-2-18-14(17)15(9-6-10-16-12-15)11-13-7-4-3-5-8-13/h3-5,7-8,12H,2,6,9-11H2,1H3/t15-/m0/s1. The van der Waals surface area contributed by atoms with Gasteiger partial charge in [-0.3, -0.25) is 9.79 Å². The lowest BCUT2D eigenvalue weighted by molar-refractivity contribution is -0.151. The molecule has 1 aromatic rings. The molecule has 96 valence electrons. The number of carbonyl (C=O) groups is 1. The molecular formula is C15H19NO2. The summed E-state index contributed by atoms with van der Waals surface area (Å²) in [6.07, 6.45) is 4.25. The minimum atomic E-state index is -0.560. The zero-order valence-electron chi connectivity index (χ0n) is 10.8. The fourth-order valence-electron chi connectivity index (χ4n) is 2.39. The Bertz CT molecular complexity index is 427. The molecule has 0 saturated carbocycles. The van der Waals surface area contributed by atoms with Crippen LogP contribution in [0, 0.1) is 5.41 Å². The van der Waals surface area contributed by atoms with Gasteiger partial charge in [0.1, 0.15) is 5.41 Å². The van der Waals surface area contributed by atoms with Crippen molar-refractivity contribution in [2.75, 3.05) is 13.2 Å². The van der Waals surface area contributed by atoms with E-state index in [4.69, 9.17) is 4.74 Å². The Morgan fingerprint density at radius 1 is 1.39 bits per heavy atom. The number of hydrogen-bond acceptors (Lipinski definition) is 3. The van der Waals surface area contributed by atoms with E-state index in [1.807, 2.05) is 43.5 Å². The van der Waals surface area contributed by atoms with Crippen molar-refractivity contribution in [3.63, 3.8) is 0 Å². The molecule has 0 amide bonds. The summed E-state index contributed by atoms with van der Waals surface area (Å²) in [6, 6.07) is 10.1. The second kappa shape index (κ2) is 5.80. The molecule has 1 aliphatic heterocycles. The SMILES string of the molecule is CCOC(=O)[C@@]1(Cc2ccccc2)C=NCCC1. The Morgan fingerprint density at radius 3 is 2.78 bits per heavy atom. The third-order valence-electron chi connectivity index (χ3n) is 3.29. The Hall–Kier alpha value is -1.64. The summed E-state index contributed by atoms with van der Waals surface area (Å²) in [5.74, 6) is -0.141. The molecule has 0 spiro atoms. The van der Waals surface area contributed by atoms with Crippen LogP contribution in [0.2, 0.25) is 0 Å². The van der Waals surface area contributed by atoms with Crippen molar-refractivity contribution >= 4 is 12.2 Å². The van der Waals surface area contributed by atoms with Crippen molar-refractivity contribution in [1.29, 1.82) is 0 Å². The lowest BCUT2D eigenvalue weighted by Gasteiger charge is -2.30. The maximum absolute atomic E-state index is 12.2.